The van der Waals surface area contributed by atoms with E-state index in [1.165, 1.54) is 5.56 Å². The third-order valence-corrected chi connectivity index (χ3v) is 8.63. The van der Waals surface area contributed by atoms with Gasteiger partial charge in [0, 0.05) is 26.4 Å². The Balaban J connectivity index is 2.00. The second kappa shape index (κ2) is 7.86. The highest BCUT2D eigenvalue weighted by molar-refractivity contribution is 7.99. The molecule has 1 nitrogen and oxygen atoms in total. The number of thioether (sulfide) groups is 1. The van der Waals surface area contributed by atoms with Crippen LogP contribution in [0.1, 0.15) is 26.3 Å². The minimum Gasteiger partial charge on any atom is -0.309 e. The molecule has 0 heterocycles. The molecule has 3 heteroatoms. The summed E-state index contributed by atoms with van der Waals surface area (Å²) in [4.78, 5) is 0. The van der Waals surface area contributed by atoms with E-state index in [0.29, 0.717) is 0 Å². The van der Waals surface area contributed by atoms with Crippen LogP contribution in [0, 0.1) is 0 Å². The number of hydrogen-bond acceptors (Lipinski definition) is 2. The Morgan fingerprint density at radius 2 is 1.12 bits per heavy atom. The molecule has 0 aromatic heterocycles. The van der Waals surface area contributed by atoms with Gasteiger partial charge in [0.1, 0.15) is 0 Å². The Morgan fingerprint density at radius 3 is 1.54 bits per heavy atom. The molecule has 0 spiro atoms. The average Bonchev–Trinajstić information content (AvgIpc) is 2.67. The van der Waals surface area contributed by atoms with Gasteiger partial charge >= 0.3 is 0 Å². The molecular weight excluding hydrogens is 355 g/mol. The molecule has 0 amide bonds. The number of benzene rings is 3. The molecule has 134 valence electrons. The van der Waals surface area contributed by atoms with E-state index >= 15 is 0 Å². The quantitative estimate of drug-likeness (QED) is 0.555. The zero-order valence-electron chi connectivity index (χ0n) is 15.6. The van der Waals surface area contributed by atoms with E-state index in [-0.39, 0.29) is 4.75 Å². The van der Waals surface area contributed by atoms with Crippen LogP contribution >= 0.6 is 18.9 Å². The molecule has 0 aliphatic carbocycles. The van der Waals surface area contributed by atoms with Crippen molar-refractivity contribution in [2.24, 2.45) is 0 Å². The first-order valence-corrected chi connectivity index (χ1v) is 11.5. The Kier molecular flexibility index (Phi) is 5.75. The first-order chi connectivity index (χ1) is 12.4. The van der Waals surface area contributed by atoms with Gasteiger partial charge in [-0.2, -0.15) is 11.8 Å². The first-order valence-electron chi connectivity index (χ1n) is 8.84. The summed E-state index contributed by atoms with van der Waals surface area (Å²) in [5.41, 5.74) is 1.27. The van der Waals surface area contributed by atoms with Crippen molar-refractivity contribution in [2.45, 2.75) is 31.3 Å². The van der Waals surface area contributed by atoms with Gasteiger partial charge in [-0.25, -0.2) is 0 Å². The normalized spacial score (nSPS) is 12.1. The maximum atomic E-state index is 14.2. The highest BCUT2D eigenvalue weighted by Crippen LogP contribution is 2.42. The van der Waals surface area contributed by atoms with Gasteiger partial charge < -0.3 is 4.57 Å². The summed E-state index contributed by atoms with van der Waals surface area (Å²) >= 11 is 1.92. The fraction of sp³-hybridized carbons (Fsp3) is 0.217. The van der Waals surface area contributed by atoms with E-state index in [9.17, 15) is 4.57 Å². The summed E-state index contributed by atoms with van der Waals surface area (Å²) in [6.45, 7) is 6.68. The average molecular weight is 380 g/mol. The zero-order valence-corrected chi connectivity index (χ0v) is 17.3. The van der Waals surface area contributed by atoms with Crippen molar-refractivity contribution in [3.05, 3.63) is 90.5 Å². The van der Waals surface area contributed by atoms with Crippen molar-refractivity contribution >= 4 is 34.8 Å². The molecule has 0 unspecified atom stereocenters. The monoisotopic (exact) mass is 380 g/mol. The lowest BCUT2D eigenvalue weighted by atomic mass is 10.2. The molecule has 0 bridgehead atoms. The zero-order chi connectivity index (χ0) is 18.6. The minimum absolute atomic E-state index is 0.238. The van der Waals surface area contributed by atoms with Gasteiger partial charge in [0.05, 0.1) is 0 Å². The topological polar surface area (TPSA) is 17.1 Å². The lowest BCUT2D eigenvalue weighted by Crippen LogP contribution is -2.24. The maximum Gasteiger partial charge on any atom is 0.171 e. The molecule has 3 rings (SSSR count). The molecule has 0 saturated carbocycles. The molecule has 0 saturated heterocycles. The largest absolute Gasteiger partial charge is 0.309 e. The Hall–Kier alpha value is -1.76. The molecule has 0 aliphatic heterocycles. The van der Waals surface area contributed by atoms with E-state index in [2.05, 4.69) is 32.9 Å². The second-order valence-corrected chi connectivity index (χ2v) is 11.9. The van der Waals surface area contributed by atoms with Crippen molar-refractivity contribution in [1.29, 1.82) is 0 Å². The van der Waals surface area contributed by atoms with Crippen molar-refractivity contribution in [2.75, 3.05) is 0 Å². The molecule has 3 aromatic rings. The second-order valence-electron chi connectivity index (χ2n) is 7.35. The SMILES string of the molecule is CC(C)(C)SCc1ccc(P(=O)(c2ccccc2)c2ccccc2)cc1. The minimum atomic E-state index is -2.85. The van der Waals surface area contributed by atoms with Crippen LogP contribution in [0.3, 0.4) is 0 Å². The lowest BCUT2D eigenvalue weighted by Gasteiger charge is -2.21. The molecule has 0 fully saturated rings. The standard InChI is InChI=1S/C23H25OPS/c1-23(2,3)26-18-19-14-16-22(17-15-19)25(24,20-10-6-4-7-11-20)21-12-8-5-9-13-21/h4-17H,18H2,1-3H3. The highest BCUT2D eigenvalue weighted by atomic mass is 32.2. The van der Waals surface area contributed by atoms with Crippen LogP contribution in [0.5, 0.6) is 0 Å². The third kappa shape index (κ3) is 4.31. The summed E-state index contributed by atoms with van der Waals surface area (Å²) in [5.74, 6) is 0.963. The van der Waals surface area contributed by atoms with Gasteiger partial charge in [-0.3, -0.25) is 0 Å². The molecule has 0 atom stereocenters. The third-order valence-electron chi connectivity index (χ3n) is 4.21. The summed E-state index contributed by atoms with van der Waals surface area (Å²) in [6, 6.07) is 28.0. The highest BCUT2D eigenvalue weighted by Gasteiger charge is 2.29. The Morgan fingerprint density at radius 1 is 0.692 bits per heavy atom. The van der Waals surface area contributed by atoms with Crippen LogP contribution in [0.25, 0.3) is 0 Å². The van der Waals surface area contributed by atoms with Crippen molar-refractivity contribution in [3.8, 4) is 0 Å². The number of rotatable bonds is 5. The van der Waals surface area contributed by atoms with E-state index < -0.39 is 7.14 Å². The summed E-state index contributed by atoms with van der Waals surface area (Å²) < 4.78 is 14.5. The van der Waals surface area contributed by atoms with Gasteiger partial charge in [0.25, 0.3) is 0 Å². The predicted octanol–water partition coefficient (Wildman–Crippen LogP) is 5.36. The molecule has 0 aliphatic rings. The van der Waals surface area contributed by atoms with Crippen LogP contribution in [0.2, 0.25) is 0 Å². The predicted molar refractivity (Wildman–Crippen MR) is 117 cm³/mol. The van der Waals surface area contributed by atoms with Crippen LogP contribution < -0.4 is 15.9 Å². The van der Waals surface area contributed by atoms with Crippen LogP contribution in [0.15, 0.2) is 84.9 Å². The lowest BCUT2D eigenvalue weighted by molar-refractivity contribution is 0.592. The first kappa shape index (κ1) is 19.0. The fourth-order valence-electron chi connectivity index (χ4n) is 2.83. The van der Waals surface area contributed by atoms with Crippen LogP contribution in [-0.2, 0) is 10.3 Å². The van der Waals surface area contributed by atoms with Crippen molar-refractivity contribution < 1.29 is 4.57 Å². The molecule has 3 aromatic carbocycles. The summed E-state index contributed by atoms with van der Waals surface area (Å²) in [6.07, 6.45) is 0. The van der Waals surface area contributed by atoms with Gasteiger partial charge in [0.2, 0.25) is 0 Å². The Labute approximate surface area is 161 Å². The van der Waals surface area contributed by atoms with E-state index in [1.54, 1.807) is 0 Å². The van der Waals surface area contributed by atoms with Gasteiger partial charge in [-0.05, 0) is 5.56 Å². The fourth-order valence-corrected chi connectivity index (χ4v) is 6.26. The molecule has 0 N–H and O–H groups in total. The van der Waals surface area contributed by atoms with Crippen LogP contribution in [-0.4, -0.2) is 4.75 Å². The molecular formula is C23H25OPS. The van der Waals surface area contributed by atoms with Crippen LogP contribution in [0.4, 0.5) is 0 Å². The van der Waals surface area contributed by atoms with E-state index in [4.69, 9.17) is 0 Å². The van der Waals surface area contributed by atoms with Gasteiger partial charge in [-0.15, -0.1) is 0 Å². The maximum absolute atomic E-state index is 14.2. The smallest absolute Gasteiger partial charge is 0.171 e. The van der Waals surface area contributed by atoms with Gasteiger partial charge in [-0.1, -0.05) is 106 Å². The van der Waals surface area contributed by atoms with E-state index in [1.807, 2.05) is 84.6 Å². The van der Waals surface area contributed by atoms with Gasteiger partial charge in [0.15, 0.2) is 7.14 Å². The van der Waals surface area contributed by atoms with Crippen molar-refractivity contribution in [3.63, 3.8) is 0 Å². The summed E-state index contributed by atoms with van der Waals surface area (Å²) in [7, 11) is -2.85. The molecule has 26 heavy (non-hydrogen) atoms. The van der Waals surface area contributed by atoms with Crippen molar-refractivity contribution in [1.82, 2.24) is 0 Å². The number of hydrogen-bond donors (Lipinski definition) is 0. The van der Waals surface area contributed by atoms with E-state index in [0.717, 1.165) is 21.7 Å². The Bertz CT molecular complexity index is 838. The molecule has 0 radical (unpaired) electrons. The summed E-state index contributed by atoms with van der Waals surface area (Å²) in [5, 5.41) is 2.64.